The molecule has 0 bridgehead atoms. The smallest absolute Gasteiger partial charge is 0.256 e. The van der Waals surface area contributed by atoms with Crippen molar-refractivity contribution in [1.29, 1.82) is 0 Å². The summed E-state index contributed by atoms with van der Waals surface area (Å²) in [6.07, 6.45) is 6.21. The molecule has 0 spiro atoms. The number of rotatable bonds is 5. The Morgan fingerprint density at radius 3 is 2.26 bits per heavy atom. The quantitative estimate of drug-likeness (QED) is 0.636. The van der Waals surface area contributed by atoms with Crippen molar-refractivity contribution in [2.45, 2.75) is 43.0 Å². The van der Waals surface area contributed by atoms with Gasteiger partial charge in [0.1, 0.15) is 0 Å². The molecule has 1 saturated carbocycles. The van der Waals surface area contributed by atoms with Gasteiger partial charge < -0.3 is 10.6 Å². The van der Waals surface area contributed by atoms with Gasteiger partial charge in [-0.1, -0.05) is 19.3 Å². The topological polar surface area (TPSA) is 101 Å². The van der Waals surface area contributed by atoms with Crippen LogP contribution in [0.5, 0.6) is 0 Å². The molecule has 27 heavy (non-hydrogen) atoms. The number of carbonyl (C=O) groups is 1. The van der Waals surface area contributed by atoms with E-state index in [4.69, 9.17) is 5.14 Å². The number of hydrogen-bond donors (Lipinski definition) is 3. The number of amides is 1. The molecule has 0 unspecified atom stereocenters. The second kappa shape index (κ2) is 8.41. The number of primary sulfonamides is 1. The van der Waals surface area contributed by atoms with Crippen LogP contribution < -0.4 is 15.8 Å². The first-order chi connectivity index (χ1) is 12.8. The van der Waals surface area contributed by atoms with Crippen molar-refractivity contribution in [3.8, 4) is 0 Å². The number of nitrogens with two attached hydrogens (primary N) is 1. The van der Waals surface area contributed by atoms with Crippen LogP contribution in [0.3, 0.4) is 0 Å². The first-order valence-electron chi connectivity index (χ1n) is 8.83. The number of sulfonamides is 1. The summed E-state index contributed by atoms with van der Waals surface area (Å²) in [6.45, 7) is 0. The maximum absolute atomic E-state index is 12.5. The fourth-order valence-corrected chi connectivity index (χ4v) is 4.15. The van der Waals surface area contributed by atoms with Crippen molar-refractivity contribution in [2.75, 3.05) is 10.6 Å². The van der Waals surface area contributed by atoms with Crippen molar-refractivity contribution in [3.63, 3.8) is 0 Å². The average Bonchev–Trinajstić information content (AvgIpc) is 2.63. The van der Waals surface area contributed by atoms with Crippen LogP contribution in [0, 0.1) is 0 Å². The molecule has 0 aliphatic heterocycles. The summed E-state index contributed by atoms with van der Waals surface area (Å²) in [4.78, 5) is 12.4. The van der Waals surface area contributed by atoms with E-state index < -0.39 is 15.9 Å². The van der Waals surface area contributed by atoms with Gasteiger partial charge in [0.25, 0.3) is 5.91 Å². The van der Waals surface area contributed by atoms with E-state index in [1.165, 1.54) is 50.3 Å². The maximum atomic E-state index is 12.5. The van der Waals surface area contributed by atoms with Crippen LogP contribution in [0.1, 0.15) is 42.5 Å². The van der Waals surface area contributed by atoms with Gasteiger partial charge in [0.15, 0.2) is 0 Å². The third-order valence-corrected chi connectivity index (χ3v) is 6.23. The molecule has 3 rings (SSSR count). The van der Waals surface area contributed by atoms with Gasteiger partial charge in [-0.25, -0.2) is 13.6 Å². The van der Waals surface area contributed by atoms with Crippen molar-refractivity contribution < 1.29 is 13.2 Å². The van der Waals surface area contributed by atoms with Gasteiger partial charge >= 0.3 is 0 Å². The first-order valence-corrected chi connectivity index (χ1v) is 11.2. The fraction of sp³-hybridized carbons (Fsp3) is 0.316. The van der Waals surface area contributed by atoms with Crippen LogP contribution in [-0.4, -0.2) is 20.4 Å². The van der Waals surface area contributed by atoms with E-state index in [0.717, 1.165) is 5.69 Å². The predicted molar refractivity (Wildman–Crippen MR) is 110 cm³/mol. The lowest BCUT2D eigenvalue weighted by molar-refractivity contribution is 0.102. The zero-order chi connectivity index (χ0) is 19.4. The van der Waals surface area contributed by atoms with E-state index in [1.807, 2.05) is 24.3 Å². The average molecular weight is 452 g/mol. The highest BCUT2D eigenvalue weighted by atomic mass is 79.9. The van der Waals surface area contributed by atoms with Crippen LogP contribution in [0.15, 0.2) is 51.8 Å². The minimum absolute atomic E-state index is 0.108. The molecule has 0 radical (unpaired) electrons. The molecule has 1 fully saturated rings. The molecule has 1 aliphatic rings. The Morgan fingerprint density at radius 1 is 1.00 bits per heavy atom. The molecule has 0 saturated heterocycles. The van der Waals surface area contributed by atoms with Crippen LogP contribution in [-0.2, 0) is 10.0 Å². The van der Waals surface area contributed by atoms with Crippen molar-refractivity contribution in [1.82, 2.24) is 0 Å². The summed E-state index contributed by atoms with van der Waals surface area (Å²) < 4.78 is 23.5. The van der Waals surface area contributed by atoms with E-state index in [9.17, 15) is 13.2 Å². The third-order valence-electron chi connectivity index (χ3n) is 4.63. The Bertz CT molecular complexity index is 924. The SMILES string of the molecule is NS(=O)(=O)c1ccc(Br)c(C(=O)Nc2ccc(NC3CCCCC3)cc2)c1. The molecular weight excluding hydrogens is 430 g/mol. The van der Waals surface area contributed by atoms with Crippen molar-refractivity contribution in [3.05, 3.63) is 52.5 Å². The van der Waals surface area contributed by atoms with E-state index in [0.29, 0.717) is 16.2 Å². The molecule has 0 aromatic heterocycles. The summed E-state index contributed by atoms with van der Waals surface area (Å²) in [6, 6.07) is 12.1. The molecule has 0 heterocycles. The summed E-state index contributed by atoms with van der Waals surface area (Å²) in [5.74, 6) is -0.416. The normalized spacial score (nSPS) is 15.3. The highest BCUT2D eigenvalue weighted by Crippen LogP contribution is 2.24. The molecule has 0 atom stereocenters. The Morgan fingerprint density at radius 2 is 1.63 bits per heavy atom. The number of halogens is 1. The highest BCUT2D eigenvalue weighted by Gasteiger charge is 2.16. The molecule has 2 aromatic rings. The number of benzene rings is 2. The van der Waals surface area contributed by atoms with Gasteiger partial charge in [0.05, 0.1) is 10.5 Å². The van der Waals surface area contributed by atoms with E-state index in [2.05, 4.69) is 26.6 Å². The number of anilines is 2. The highest BCUT2D eigenvalue weighted by molar-refractivity contribution is 9.10. The van der Waals surface area contributed by atoms with Crippen LogP contribution in [0.4, 0.5) is 11.4 Å². The van der Waals surface area contributed by atoms with Crippen LogP contribution in [0.25, 0.3) is 0 Å². The Hall–Kier alpha value is -1.90. The second-order valence-corrected chi connectivity index (χ2v) is 9.11. The molecule has 4 N–H and O–H groups in total. The maximum Gasteiger partial charge on any atom is 0.256 e. The van der Waals surface area contributed by atoms with Gasteiger partial charge in [-0.15, -0.1) is 0 Å². The largest absolute Gasteiger partial charge is 0.382 e. The molecule has 2 aromatic carbocycles. The summed E-state index contributed by atoms with van der Waals surface area (Å²) in [5, 5.41) is 11.4. The second-order valence-electron chi connectivity index (χ2n) is 6.70. The van der Waals surface area contributed by atoms with Gasteiger partial charge in [-0.3, -0.25) is 4.79 Å². The van der Waals surface area contributed by atoms with Gasteiger partial charge in [-0.2, -0.15) is 0 Å². The minimum Gasteiger partial charge on any atom is -0.382 e. The lowest BCUT2D eigenvalue weighted by atomic mass is 9.95. The number of carbonyl (C=O) groups excluding carboxylic acids is 1. The lowest BCUT2D eigenvalue weighted by Gasteiger charge is -2.23. The van der Waals surface area contributed by atoms with E-state index in [-0.39, 0.29) is 10.5 Å². The summed E-state index contributed by atoms with van der Waals surface area (Å²) in [7, 11) is -3.88. The van der Waals surface area contributed by atoms with Crippen LogP contribution in [0.2, 0.25) is 0 Å². The minimum atomic E-state index is -3.88. The Labute approximate surface area is 167 Å². The monoisotopic (exact) mass is 451 g/mol. The van der Waals surface area contributed by atoms with E-state index >= 15 is 0 Å². The third kappa shape index (κ3) is 5.31. The zero-order valence-corrected chi connectivity index (χ0v) is 17.1. The molecule has 8 heteroatoms. The molecular formula is C19H22BrN3O3S. The van der Waals surface area contributed by atoms with E-state index in [1.54, 1.807) is 0 Å². The number of nitrogens with one attached hydrogen (secondary N) is 2. The number of hydrogen-bond acceptors (Lipinski definition) is 4. The fourth-order valence-electron chi connectivity index (χ4n) is 3.19. The Balaban J connectivity index is 1.69. The van der Waals surface area contributed by atoms with Crippen LogP contribution >= 0.6 is 15.9 Å². The first kappa shape index (κ1) is 19.9. The molecule has 1 amide bonds. The molecule has 1 aliphatic carbocycles. The molecule has 6 nitrogen and oxygen atoms in total. The Kier molecular flexibility index (Phi) is 6.18. The van der Waals surface area contributed by atoms with Gasteiger partial charge in [0.2, 0.25) is 10.0 Å². The zero-order valence-electron chi connectivity index (χ0n) is 14.7. The standard InChI is InChI=1S/C19H22BrN3O3S/c20-18-11-10-16(27(21,25)26)12-17(18)19(24)23-15-8-6-14(7-9-15)22-13-4-2-1-3-5-13/h6-13,22H,1-5H2,(H,23,24)(H2,21,25,26). The van der Waals surface area contributed by atoms with Crippen molar-refractivity contribution >= 4 is 43.2 Å². The van der Waals surface area contributed by atoms with Crippen molar-refractivity contribution in [2.24, 2.45) is 5.14 Å². The van der Waals surface area contributed by atoms with Gasteiger partial charge in [0, 0.05) is 21.9 Å². The van der Waals surface area contributed by atoms with Gasteiger partial charge in [-0.05, 0) is 71.2 Å². The predicted octanol–water partition coefficient (Wildman–Crippen LogP) is 4.09. The summed E-state index contributed by atoms with van der Waals surface area (Å²) >= 11 is 3.27. The summed E-state index contributed by atoms with van der Waals surface area (Å²) in [5.41, 5.74) is 1.85. The lowest BCUT2D eigenvalue weighted by Crippen LogP contribution is -2.22. The molecule has 144 valence electrons.